The smallest absolute Gasteiger partial charge is 0.433 e. The maximum atomic E-state index is 12.6. The van der Waals surface area contributed by atoms with Crippen molar-refractivity contribution in [3.8, 4) is 11.3 Å². The molecule has 3 heterocycles. The van der Waals surface area contributed by atoms with Crippen molar-refractivity contribution < 1.29 is 32.7 Å². The highest BCUT2D eigenvalue weighted by molar-refractivity contribution is 5.97. The summed E-state index contributed by atoms with van der Waals surface area (Å²) in [5, 5.41) is 11.6. The lowest BCUT2D eigenvalue weighted by Crippen LogP contribution is -2.45. The number of amides is 2. The quantitative estimate of drug-likeness (QED) is 0.784. The van der Waals surface area contributed by atoms with Gasteiger partial charge in [-0.25, -0.2) is 14.8 Å². The van der Waals surface area contributed by atoms with E-state index in [0.29, 0.717) is 17.0 Å². The molecule has 0 spiro atoms. The molecule has 152 valence electrons. The number of carbonyl (C=O) groups is 3. The first kappa shape index (κ1) is 20.2. The van der Waals surface area contributed by atoms with E-state index in [9.17, 15) is 27.6 Å². The Bertz CT molecular complexity index is 949. The van der Waals surface area contributed by atoms with E-state index in [1.54, 1.807) is 0 Å². The molecule has 1 aliphatic heterocycles. The zero-order valence-electron chi connectivity index (χ0n) is 14.7. The molecule has 0 aromatic carbocycles. The number of likely N-dealkylation sites (tertiary alicyclic amines) is 1. The molecule has 9 nitrogen and oxygen atoms in total. The Morgan fingerprint density at radius 1 is 1.24 bits per heavy atom. The fourth-order valence-corrected chi connectivity index (χ4v) is 2.79. The highest BCUT2D eigenvalue weighted by Gasteiger charge is 2.38. The minimum atomic E-state index is -4.55. The van der Waals surface area contributed by atoms with Crippen LogP contribution in [-0.4, -0.2) is 55.3 Å². The van der Waals surface area contributed by atoms with Gasteiger partial charge in [-0.1, -0.05) is 0 Å². The maximum Gasteiger partial charge on any atom is 0.433 e. The molecule has 12 heteroatoms. The third-order valence-corrected chi connectivity index (χ3v) is 4.21. The molecule has 3 rings (SSSR count). The molecule has 0 saturated carbocycles. The van der Waals surface area contributed by atoms with E-state index in [-0.39, 0.29) is 25.3 Å². The van der Waals surface area contributed by atoms with Gasteiger partial charge in [0.05, 0.1) is 24.5 Å². The van der Waals surface area contributed by atoms with E-state index in [2.05, 4.69) is 20.3 Å². The summed E-state index contributed by atoms with van der Waals surface area (Å²) < 4.78 is 37.8. The third kappa shape index (κ3) is 4.65. The number of aromatic nitrogens is 3. The average Bonchev–Trinajstić information content (AvgIpc) is 3.08. The summed E-state index contributed by atoms with van der Waals surface area (Å²) in [5.41, 5.74) is -0.0635. The Balaban J connectivity index is 1.68. The minimum Gasteiger partial charge on any atom is -0.465 e. The van der Waals surface area contributed by atoms with Gasteiger partial charge in [-0.15, -0.1) is 0 Å². The molecule has 0 unspecified atom stereocenters. The largest absolute Gasteiger partial charge is 0.465 e. The van der Waals surface area contributed by atoms with Gasteiger partial charge in [-0.2, -0.15) is 13.2 Å². The second-order valence-corrected chi connectivity index (χ2v) is 6.21. The number of hydrogen-bond donors (Lipinski definition) is 2. The van der Waals surface area contributed by atoms with E-state index in [1.807, 2.05) is 0 Å². The third-order valence-electron chi connectivity index (χ3n) is 4.21. The number of carbonyl (C=O) groups excluding carboxylic acids is 2. The summed E-state index contributed by atoms with van der Waals surface area (Å²) in [6.45, 7) is -0.424. The monoisotopic (exact) mass is 409 g/mol. The van der Waals surface area contributed by atoms with Crippen LogP contribution >= 0.6 is 0 Å². The van der Waals surface area contributed by atoms with Crippen LogP contribution < -0.4 is 5.32 Å². The highest BCUT2D eigenvalue weighted by Crippen LogP contribution is 2.28. The van der Waals surface area contributed by atoms with Gasteiger partial charge in [0.15, 0.2) is 5.78 Å². The van der Waals surface area contributed by atoms with Crippen molar-refractivity contribution in [2.24, 2.45) is 0 Å². The number of ketones is 1. The van der Waals surface area contributed by atoms with Crippen LogP contribution in [0.15, 0.2) is 30.7 Å². The first-order valence-corrected chi connectivity index (χ1v) is 8.28. The number of pyridine rings is 1. The van der Waals surface area contributed by atoms with E-state index in [4.69, 9.17) is 5.11 Å². The predicted octanol–water partition coefficient (Wildman–Crippen LogP) is 1.49. The fraction of sp³-hybridized carbons (Fsp3) is 0.294. The topological polar surface area (TPSA) is 125 Å². The second-order valence-electron chi connectivity index (χ2n) is 6.21. The van der Waals surface area contributed by atoms with Crippen molar-refractivity contribution in [1.82, 2.24) is 25.2 Å². The van der Waals surface area contributed by atoms with E-state index in [0.717, 1.165) is 17.2 Å². The highest BCUT2D eigenvalue weighted by atomic mass is 19.4. The van der Waals surface area contributed by atoms with Gasteiger partial charge in [0, 0.05) is 18.2 Å². The lowest BCUT2D eigenvalue weighted by Gasteiger charge is -2.19. The van der Waals surface area contributed by atoms with Crippen molar-refractivity contribution in [3.05, 3.63) is 42.1 Å². The van der Waals surface area contributed by atoms with Gasteiger partial charge in [-0.3, -0.25) is 19.5 Å². The summed E-state index contributed by atoms with van der Waals surface area (Å²) in [7, 11) is 0. The van der Waals surface area contributed by atoms with Crippen LogP contribution in [0.2, 0.25) is 0 Å². The molecule has 2 amide bonds. The lowest BCUT2D eigenvalue weighted by atomic mass is 10.1. The normalized spacial score (nSPS) is 16.7. The van der Waals surface area contributed by atoms with Crippen molar-refractivity contribution in [1.29, 1.82) is 0 Å². The van der Waals surface area contributed by atoms with Gasteiger partial charge in [0.2, 0.25) is 5.91 Å². The van der Waals surface area contributed by atoms with Gasteiger partial charge >= 0.3 is 12.3 Å². The molecule has 29 heavy (non-hydrogen) atoms. The Morgan fingerprint density at radius 3 is 2.62 bits per heavy atom. The van der Waals surface area contributed by atoms with Crippen molar-refractivity contribution >= 4 is 17.8 Å². The van der Waals surface area contributed by atoms with Crippen LogP contribution in [-0.2, 0) is 22.3 Å². The first-order chi connectivity index (χ1) is 13.6. The van der Waals surface area contributed by atoms with Gasteiger partial charge in [-0.05, 0) is 18.2 Å². The van der Waals surface area contributed by atoms with Crippen LogP contribution in [0.5, 0.6) is 0 Å². The molecular formula is C17H14F3N5O4. The number of nitrogens with zero attached hydrogens (tertiary/aromatic N) is 4. The molecular weight excluding hydrogens is 395 g/mol. The number of nitrogens with one attached hydrogen (secondary N) is 1. The molecule has 0 radical (unpaired) electrons. The number of rotatable bonds is 4. The van der Waals surface area contributed by atoms with Gasteiger partial charge in [0.1, 0.15) is 18.1 Å². The standard InChI is InChI=1S/C17H14F3N5O4/c18-17(19,20)14-2-1-9(5-21-14)12-3-10(23-8-24-12)6-22-15(27)13-4-11(26)7-25(13)16(28)29/h1-3,5,8,13H,4,6-7H2,(H,22,27)(H,28,29)/t13-/m0/s1. The maximum absolute atomic E-state index is 12.6. The summed E-state index contributed by atoms with van der Waals surface area (Å²) >= 11 is 0. The number of Topliss-reactive ketones (excluding diaryl/α,β-unsaturated/α-hetero) is 1. The van der Waals surface area contributed by atoms with Gasteiger partial charge < -0.3 is 10.4 Å². The molecule has 1 aliphatic rings. The summed E-state index contributed by atoms with van der Waals surface area (Å²) in [6.07, 6.45) is -3.91. The Hall–Kier alpha value is -3.57. The molecule has 2 N–H and O–H groups in total. The molecule has 2 aromatic heterocycles. The zero-order chi connectivity index (χ0) is 21.2. The fourth-order valence-electron chi connectivity index (χ4n) is 2.79. The van der Waals surface area contributed by atoms with Crippen molar-refractivity contribution in [2.45, 2.75) is 25.2 Å². The van der Waals surface area contributed by atoms with E-state index >= 15 is 0 Å². The Morgan fingerprint density at radius 2 is 2.00 bits per heavy atom. The SMILES string of the molecule is O=C1C[C@@H](C(=O)NCc2cc(-c3ccc(C(F)(F)F)nc3)ncn2)N(C(=O)O)C1. The molecule has 1 atom stereocenters. The van der Waals surface area contributed by atoms with Crippen LogP contribution in [0.4, 0.5) is 18.0 Å². The molecule has 1 fully saturated rings. The number of hydrogen-bond acceptors (Lipinski definition) is 6. The Kier molecular flexibility index (Phi) is 5.43. The Labute approximate surface area is 161 Å². The summed E-state index contributed by atoms with van der Waals surface area (Å²) in [6, 6.07) is 2.39. The first-order valence-electron chi connectivity index (χ1n) is 8.28. The number of halogens is 3. The molecule has 0 aliphatic carbocycles. The van der Waals surface area contributed by atoms with Crippen LogP contribution in [0, 0.1) is 0 Å². The molecule has 2 aromatic rings. The molecule has 0 bridgehead atoms. The predicted molar refractivity (Wildman–Crippen MR) is 90.3 cm³/mol. The number of carboxylic acid groups (broad SMARTS) is 1. The lowest BCUT2D eigenvalue weighted by molar-refractivity contribution is -0.141. The number of alkyl halides is 3. The average molecular weight is 409 g/mol. The van der Waals surface area contributed by atoms with E-state index in [1.165, 1.54) is 18.5 Å². The summed E-state index contributed by atoms with van der Waals surface area (Å²) in [5.74, 6) is -0.999. The van der Waals surface area contributed by atoms with Crippen molar-refractivity contribution in [3.63, 3.8) is 0 Å². The minimum absolute atomic E-state index is 0.0828. The van der Waals surface area contributed by atoms with E-state index < -0.39 is 29.9 Å². The van der Waals surface area contributed by atoms with Crippen molar-refractivity contribution in [2.75, 3.05) is 6.54 Å². The van der Waals surface area contributed by atoms with Gasteiger partial charge in [0.25, 0.3) is 0 Å². The summed E-state index contributed by atoms with van der Waals surface area (Å²) in [4.78, 5) is 46.9. The molecule has 1 saturated heterocycles. The second kappa shape index (κ2) is 7.81. The van der Waals surface area contributed by atoms with Crippen LogP contribution in [0.3, 0.4) is 0 Å². The zero-order valence-corrected chi connectivity index (χ0v) is 14.7. The van der Waals surface area contributed by atoms with Crippen LogP contribution in [0.25, 0.3) is 11.3 Å². The van der Waals surface area contributed by atoms with Crippen LogP contribution in [0.1, 0.15) is 17.8 Å².